The minimum Gasteiger partial charge on any atom is -0.475 e. The van der Waals surface area contributed by atoms with Gasteiger partial charge in [-0.05, 0) is 19.0 Å². The fourth-order valence-electron chi connectivity index (χ4n) is 4.43. The number of carbonyl (C=O) groups excluding carboxylic acids is 1. The predicted molar refractivity (Wildman–Crippen MR) is 125 cm³/mol. The summed E-state index contributed by atoms with van der Waals surface area (Å²) in [5, 5.41) is 14.2. The second-order valence-corrected chi connectivity index (χ2v) is 9.47. The molecule has 3 saturated heterocycles. The third-order valence-corrected chi connectivity index (χ3v) is 6.38. The van der Waals surface area contributed by atoms with Crippen LogP contribution in [0.25, 0.3) is 0 Å². The van der Waals surface area contributed by atoms with Crippen LogP contribution in [0.1, 0.15) is 18.4 Å². The number of fused-ring (bicyclic) bond motifs is 1. The summed E-state index contributed by atoms with van der Waals surface area (Å²) in [6.07, 6.45) is -8.12. The number of alkyl halides is 6. The standard InChI is InChI=1S/C20H29N3O2.2C2HF3O2/c1-21-7-9-23(10-8-21)20(24)12-18-11-17-14-22(15-19(17)25-18)13-16-5-3-2-4-6-16;2*3-2(4,5)1(6)7/h2-6,17-19H,7-15H2,1H3;2*(H,6,7)/t17-,18-,19+;;/m0../s1. The molecule has 0 aliphatic carbocycles. The zero-order chi connectivity index (χ0) is 29.4. The highest BCUT2D eigenvalue weighted by molar-refractivity contribution is 5.77. The number of benzene rings is 1. The van der Waals surface area contributed by atoms with E-state index < -0.39 is 24.3 Å². The molecule has 0 unspecified atom stereocenters. The number of amides is 1. The molecule has 3 aliphatic heterocycles. The lowest BCUT2D eigenvalue weighted by Gasteiger charge is -2.33. The molecule has 3 atom stereocenters. The normalized spacial score (nSPS) is 23.7. The van der Waals surface area contributed by atoms with Crippen molar-refractivity contribution in [1.29, 1.82) is 0 Å². The van der Waals surface area contributed by atoms with Crippen LogP contribution in [0.5, 0.6) is 0 Å². The van der Waals surface area contributed by atoms with Gasteiger partial charge in [0.1, 0.15) is 0 Å². The van der Waals surface area contributed by atoms with Gasteiger partial charge in [0.25, 0.3) is 0 Å². The highest BCUT2D eigenvalue weighted by atomic mass is 19.4. The van der Waals surface area contributed by atoms with Gasteiger partial charge in [-0.25, -0.2) is 9.59 Å². The Morgan fingerprint density at radius 1 is 0.897 bits per heavy atom. The molecule has 3 aliphatic rings. The highest BCUT2D eigenvalue weighted by Crippen LogP contribution is 2.35. The van der Waals surface area contributed by atoms with Gasteiger partial charge in [0.05, 0.1) is 18.6 Å². The molecule has 4 rings (SSSR count). The van der Waals surface area contributed by atoms with Crippen LogP contribution in [-0.2, 0) is 25.7 Å². The molecule has 2 N–H and O–H groups in total. The van der Waals surface area contributed by atoms with Crippen LogP contribution in [0, 0.1) is 5.92 Å². The number of likely N-dealkylation sites (tertiary alicyclic amines) is 1. The Hall–Kier alpha value is -2.91. The molecule has 9 nitrogen and oxygen atoms in total. The Morgan fingerprint density at radius 3 is 1.87 bits per heavy atom. The summed E-state index contributed by atoms with van der Waals surface area (Å²) >= 11 is 0. The van der Waals surface area contributed by atoms with Gasteiger partial charge >= 0.3 is 24.3 Å². The maximum absolute atomic E-state index is 12.5. The highest BCUT2D eigenvalue weighted by Gasteiger charge is 2.43. The first-order valence-corrected chi connectivity index (χ1v) is 12.0. The first-order valence-electron chi connectivity index (χ1n) is 12.0. The molecular weight excluding hydrogens is 540 g/mol. The fourth-order valence-corrected chi connectivity index (χ4v) is 4.43. The van der Waals surface area contributed by atoms with Gasteiger partial charge in [0, 0.05) is 51.7 Å². The van der Waals surface area contributed by atoms with E-state index in [0.29, 0.717) is 18.4 Å². The van der Waals surface area contributed by atoms with E-state index in [1.54, 1.807) is 0 Å². The van der Waals surface area contributed by atoms with Crippen molar-refractivity contribution in [3.8, 4) is 0 Å². The molecule has 0 radical (unpaired) electrons. The van der Waals surface area contributed by atoms with Crippen LogP contribution in [0.4, 0.5) is 26.3 Å². The molecule has 0 aromatic heterocycles. The number of ether oxygens (including phenoxy) is 1. The number of carboxylic acids is 2. The number of nitrogens with zero attached hydrogens (tertiary/aromatic N) is 3. The van der Waals surface area contributed by atoms with Crippen LogP contribution in [0.2, 0.25) is 0 Å². The Kier molecular flexibility index (Phi) is 11.5. The van der Waals surface area contributed by atoms with E-state index in [2.05, 4.69) is 47.2 Å². The second-order valence-electron chi connectivity index (χ2n) is 9.47. The molecular formula is C24H31F6N3O6. The van der Waals surface area contributed by atoms with Gasteiger partial charge in [0.15, 0.2) is 0 Å². The number of carboxylic acid groups (broad SMARTS) is 2. The number of rotatable bonds is 4. The average Bonchev–Trinajstić information content (AvgIpc) is 3.37. The predicted octanol–water partition coefficient (Wildman–Crippen LogP) is 2.71. The van der Waals surface area contributed by atoms with Gasteiger partial charge in [-0.3, -0.25) is 9.69 Å². The number of piperazine rings is 1. The largest absolute Gasteiger partial charge is 0.490 e. The van der Waals surface area contributed by atoms with Crippen LogP contribution in [0.15, 0.2) is 30.3 Å². The van der Waals surface area contributed by atoms with E-state index in [0.717, 1.165) is 52.2 Å². The lowest BCUT2D eigenvalue weighted by atomic mass is 10.0. The molecule has 15 heteroatoms. The van der Waals surface area contributed by atoms with Gasteiger partial charge < -0.3 is 24.7 Å². The lowest BCUT2D eigenvalue weighted by Crippen LogP contribution is -2.47. The molecule has 3 fully saturated rings. The summed E-state index contributed by atoms with van der Waals surface area (Å²) in [5.41, 5.74) is 1.37. The summed E-state index contributed by atoms with van der Waals surface area (Å²) < 4.78 is 69.7. The first kappa shape index (κ1) is 32.3. The van der Waals surface area contributed by atoms with Gasteiger partial charge in [-0.15, -0.1) is 0 Å². The molecule has 39 heavy (non-hydrogen) atoms. The number of hydrogen-bond acceptors (Lipinski definition) is 6. The Labute approximate surface area is 220 Å². The Bertz CT molecular complexity index is 916. The van der Waals surface area contributed by atoms with Crippen molar-refractivity contribution >= 4 is 17.8 Å². The van der Waals surface area contributed by atoms with E-state index in [9.17, 15) is 31.1 Å². The molecule has 1 aromatic rings. The Morgan fingerprint density at radius 2 is 1.41 bits per heavy atom. The summed E-state index contributed by atoms with van der Waals surface area (Å²) in [6.45, 7) is 6.78. The molecule has 0 spiro atoms. The van der Waals surface area contributed by atoms with E-state index >= 15 is 0 Å². The molecule has 0 saturated carbocycles. The monoisotopic (exact) mass is 571 g/mol. The van der Waals surface area contributed by atoms with Crippen molar-refractivity contribution in [3.63, 3.8) is 0 Å². The number of aliphatic carboxylic acids is 2. The number of likely N-dealkylation sites (N-methyl/N-ethyl adjacent to an activating group) is 1. The van der Waals surface area contributed by atoms with Crippen molar-refractivity contribution in [3.05, 3.63) is 35.9 Å². The maximum Gasteiger partial charge on any atom is 0.490 e. The topological polar surface area (TPSA) is 111 Å². The van der Waals surface area contributed by atoms with Crippen molar-refractivity contribution in [2.45, 2.75) is 43.9 Å². The van der Waals surface area contributed by atoms with Gasteiger partial charge in [-0.2, -0.15) is 26.3 Å². The maximum atomic E-state index is 12.5. The summed E-state index contributed by atoms with van der Waals surface area (Å²) in [6, 6.07) is 10.6. The fraction of sp³-hybridized carbons (Fsp3) is 0.625. The van der Waals surface area contributed by atoms with Crippen molar-refractivity contribution in [2.75, 3.05) is 46.3 Å². The lowest BCUT2D eigenvalue weighted by molar-refractivity contribution is -0.193. The summed E-state index contributed by atoms with van der Waals surface area (Å²) in [5.74, 6) is -4.65. The Balaban J connectivity index is 0.000000317. The van der Waals surface area contributed by atoms with Crippen molar-refractivity contribution in [2.24, 2.45) is 5.92 Å². The van der Waals surface area contributed by atoms with Crippen LogP contribution < -0.4 is 0 Å². The summed E-state index contributed by atoms with van der Waals surface area (Å²) in [4.78, 5) is 37.1. The minimum atomic E-state index is -5.08. The molecule has 0 bridgehead atoms. The summed E-state index contributed by atoms with van der Waals surface area (Å²) in [7, 11) is 2.12. The van der Waals surface area contributed by atoms with Crippen LogP contribution >= 0.6 is 0 Å². The van der Waals surface area contributed by atoms with E-state index in [-0.39, 0.29) is 12.0 Å². The first-order chi connectivity index (χ1) is 18.1. The van der Waals surface area contributed by atoms with Gasteiger partial charge in [0.2, 0.25) is 5.91 Å². The number of halogens is 6. The third kappa shape index (κ3) is 11.0. The van der Waals surface area contributed by atoms with E-state index in [4.69, 9.17) is 24.5 Å². The quantitative estimate of drug-likeness (QED) is 0.531. The second kappa shape index (κ2) is 13.9. The van der Waals surface area contributed by atoms with Gasteiger partial charge in [-0.1, -0.05) is 30.3 Å². The molecule has 1 amide bonds. The smallest absolute Gasteiger partial charge is 0.475 e. The van der Waals surface area contributed by atoms with E-state index in [1.807, 2.05) is 4.90 Å². The van der Waals surface area contributed by atoms with Crippen molar-refractivity contribution in [1.82, 2.24) is 14.7 Å². The third-order valence-electron chi connectivity index (χ3n) is 6.38. The molecule has 1 aromatic carbocycles. The van der Waals surface area contributed by atoms with Crippen LogP contribution in [0.3, 0.4) is 0 Å². The van der Waals surface area contributed by atoms with E-state index in [1.165, 1.54) is 5.56 Å². The SMILES string of the molecule is CN1CCN(C(=O)C[C@@H]2C[C@H]3CN(Cc4ccccc4)C[C@H]3O2)CC1.O=C(O)C(F)(F)F.O=C(O)C(F)(F)F. The minimum absolute atomic E-state index is 0.126. The average molecular weight is 572 g/mol. The number of hydrogen-bond donors (Lipinski definition) is 2. The molecule has 3 heterocycles. The molecule has 220 valence electrons. The van der Waals surface area contributed by atoms with Crippen LogP contribution in [-0.4, -0.2) is 114 Å². The zero-order valence-electron chi connectivity index (χ0n) is 21.1. The zero-order valence-corrected chi connectivity index (χ0v) is 21.1. The van der Waals surface area contributed by atoms with Crippen molar-refractivity contribution < 1.29 is 55.7 Å². The number of carbonyl (C=O) groups is 3.